The fourth-order valence-corrected chi connectivity index (χ4v) is 1.47. The molecule has 2 rings (SSSR count). The summed E-state index contributed by atoms with van der Waals surface area (Å²) in [5.41, 5.74) is 5.09. The van der Waals surface area contributed by atoms with E-state index in [0.29, 0.717) is 0 Å². The highest BCUT2D eigenvalue weighted by Crippen LogP contribution is 2.18. The Balaban J connectivity index is 0.000000427. The van der Waals surface area contributed by atoms with Crippen molar-refractivity contribution in [1.82, 2.24) is 5.54 Å². The normalized spacial score (nSPS) is 8.81. The van der Waals surface area contributed by atoms with Crippen molar-refractivity contribution in [2.24, 2.45) is 0 Å². The van der Waals surface area contributed by atoms with E-state index in [2.05, 4.69) is 55.5 Å². The molecule has 2 aromatic rings. The molecule has 2 aromatic carbocycles. The molecule has 114 valence electrons. The van der Waals surface area contributed by atoms with Crippen LogP contribution in [0.25, 0.3) is 11.1 Å². The number of nitrogens with one attached hydrogen (secondary N) is 1. The number of hydrogen-bond donors (Lipinski definition) is 1. The Hall–Kier alpha value is -2.00. The van der Waals surface area contributed by atoms with Gasteiger partial charge in [0.25, 0.3) is 0 Å². The summed E-state index contributed by atoms with van der Waals surface area (Å²) in [5.74, 6) is -0.197. The summed E-state index contributed by atoms with van der Waals surface area (Å²) in [4.78, 5) is 9.74. The summed E-state index contributed by atoms with van der Waals surface area (Å²) in [7, 11) is 0. The molecule has 0 atom stereocenters. The number of benzene rings is 2. The van der Waals surface area contributed by atoms with Gasteiger partial charge in [0.1, 0.15) is 5.78 Å². The Kier molecular flexibility index (Phi) is 10.7. The van der Waals surface area contributed by atoms with E-state index in [1.54, 1.807) is 0 Å². The second-order valence-electron chi connectivity index (χ2n) is 4.24. The van der Waals surface area contributed by atoms with Crippen molar-refractivity contribution in [2.75, 3.05) is 6.54 Å². The largest absolute Gasteiger partial charge is 0.298 e. The predicted molar refractivity (Wildman–Crippen MR) is 87.8 cm³/mol. The third kappa shape index (κ3) is 8.71. The van der Waals surface area contributed by atoms with Crippen LogP contribution >= 0.6 is 0 Å². The molecule has 0 aromatic heterocycles. The van der Waals surface area contributed by atoms with Gasteiger partial charge in [-0.15, -0.1) is 4.48 Å². The van der Waals surface area contributed by atoms with Crippen LogP contribution in [0.5, 0.6) is 0 Å². The van der Waals surface area contributed by atoms with Crippen LogP contribution in [0, 0.1) is 6.92 Å². The van der Waals surface area contributed by atoms with Gasteiger partial charge in [0.2, 0.25) is 0 Å². The van der Waals surface area contributed by atoms with Crippen LogP contribution in [0.15, 0.2) is 54.6 Å². The first-order valence-electron chi connectivity index (χ1n) is 7.08. The summed E-state index contributed by atoms with van der Waals surface area (Å²) in [5, 5.41) is 0. The number of halogens is 1. The van der Waals surface area contributed by atoms with E-state index in [4.69, 9.17) is 0 Å². The SMILES string of the molecule is CC.CC(=O)CNF.Cc1ccc(-c2ccccc2)cc1. The van der Waals surface area contributed by atoms with Gasteiger partial charge >= 0.3 is 0 Å². The summed E-state index contributed by atoms with van der Waals surface area (Å²) in [6.45, 7) is 7.24. The van der Waals surface area contributed by atoms with Crippen molar-refractivity contribution in [1.29, 1.82) is 0 Å². The van der Waals surface area contributed by atoms with Crippen molar-refractivity contribution >= 4 is 5.78 Å². The van der Waals surface area contributed by atoms with Crippen LogP contribution in [-0.4, -0.2) is 12.3 Å². The number of ketones is 1. The predicted octanol–water partition coefficient (Wildman–Crippen LogP) is 4.74. The average Bonchev–Trinajstić information content (AvgIpc) is 2.51. The first kappa shape index (κ1) is 19.0. The van der Waals surface area contributed by atoms with Crippen molar-refractivity contribution in [3.05, 3.63) is 60.2 Å². The average molecular weight is 289 g/mol. The maximum Gasteiger partial charge on any atom is 0.146 e. The van der Waals surface area contributed by atoms with Gasteiger partial charge in [-0.1, -0.05) is 74.0 Å². The molecular formula is C18H24FNO. The third-order valence-corrected chi connectivity index (χ3v) is 2.47. The standard InChI is InChI=1S/C13H12.C3H6FNO.C2H6/c1-11-7-9-13(10-8-11)12-5-3-2-4-6-12;1-3(6)2-5-4;1-2/h2-10H,1H3;5H,2H2,1H3;1-2H3. The number of hydrogen-bond acceptors (Lipinski definition) is 2. The zero-order valence-electron chi connectivity index (χ0n) is 13.2. The lowest BCUT2D eigenvalue weighted by Gasteiger charge is -2.00. The van der Waals surface area contributed by atoms with Gasteiger partial charge in [0.05, 0.1) is 6.54 Å². The van der Waals surface area contributed by atoms with Gasteiger partial charge < -0.3 is 0 Å². The summed E-state index contributed by atoms with van der Waals surface area (Å²) in [6, 6.07) is 19.0. The van der Waals surface area contributed by atoms with Gasteiger partial charge in [-0.05, 0) is 25.0 Å². The summed E-state index contributed by atoms with van der Waals surface area (Å²) < 4.78 is 10.8. The molecule has 21 heavy (non-hydrogen) atoms. The van der Waals surface area contributed by atoms with Crippen LogP contribution in [-0.2, 0) is 4.79 Å². The molecule has 0 radical (unpaired) electrons. The van der Waals surface area contributed by atoms with E-state index in [-0.39, 0.29) is 12.3 Å². The molecule has 0 saturated heterocycles. The zero-order valence-corrected chi connectivity index (χ0v) is 13.2. The molecular weight excluding hydrogens is 265 g/mol. The minimum absolute atomic E-state index is 0.181. The lowest BCUT2D eigenvalue weighted by atomic mass is 10.0. The van der Waals surface area contributed by atoms with E-state index in [1.807, 2.05) is 19.9 Å². The fraction of sp³-hybridized carbons (Fsp3) is 0.278. The van der Waals surface area contributed by atoms with E-state index in [1.165, 1.54) is 29.2 Å². The lowest BCUT2D eigenvalue weighted by molar-refractivity contribution is -0.116. The first-order chi connectivity index (χ1) is 10.1. The van der Waals surface area contributed by atoms with E-state index in [0.717, 1.165) is 0 Å². The maximum absolute atomic E-state index is 10.8. The maximum atomic E-state index is 10.8. The molecule has 3 heteroatoms. The molecule has 0 aliphatic rings. The van der Waals surface area contributed by atoms with E-state index < -0.39 is 0 Å². The number of aryl methyl sites for hydroxylation is 1. The molecule has 0 fully saturated rings. The smallest absolute Gasteiger partial charge is 0.146 e. The Morgan fingerprint density at radius 1 is 0.952 bits per heavy atom. The summed E-state index contributed by atoms with van der Waals surface area (Å²) >= 11 is 0. The highest BCUT2D eigenvalue weighted by atomic mass is 19.2. The fourth-order valence-electron chi connectivity index (χ4n) is 1.47. The Bertz CT molecular complexity index is 494. The Labute approximate surface area is 127 Å². The topological polar surface area (TPSA) is 29.1 Å². The number of rotatable bonds is 3. The number of Topliss-reactive ketones (excluding diaryl/α,β-unsaturated/α-hetero) is 1. The second kappa shape index (κ2) is 11.8. The van der Waals surface area contributed by atoms with E-state index in [9.17, 15) is 9.28 Å². The molecule has 1 N–H and O–H groups in total. The summed E-state index contributed by atoms with van der Waals surface area (Å²) in [6.07, 6.45) is 0. The minimum atomic E-state index is -0.197. The van der Waals surface area contributed by atoms with Crippen molar-refractivity contribution in [3.63, 3.8) is 0 Å². The molecule has 0 aliphatic heterocycles. The minimum Gasteiger partial charge on any atom is -0.298 e. The van der Waals surface area contributed by atoms with Gasteiger partial charge in [-0.25, -0.2) is 0 Å². The van der Waals surface area contributed by atoms with Crippen LogP contribution in [0.2, 0.25) is 0 Å². The highest BCUT2D eigenvalue weighted by Gasteiger charge is 1.93. The van der Waals surface area contributed by atoms with Gasteiger partial charge in [0.15, 0.2) is 0 Å². The van der Waals surface area contributed by atoms with Crippen molar-refractivity contribution in [3.8, 4) is 11.1 Å². The van der Waals surface area contributed by atoms with Crippen LogP contribution in [0.1, 0.15) is 26.3 Å². The molecule has 0 aliphatic carbocycles. The second-order valence-corrected chi connectivity index (χ2v) is 4.24. The molecule has 0 unspecified atom stereocenters. The molecule has 2 nitrogen and oxygen atoms in total. The van der Waals surface area contributed by atoms with E-state index >= 15 is 0 Å². The van der Waals surface area contributed by atoms with Crippen LogP contribution in [0.4, 0.5) is 4.48 Å². The monoisotopic (exact) mass is 289 g/mol. The van der Waals surface area contributed by atoms with Crippen LogP contribution < -0.4 is 5.54 Å². The molecule has 0 amide bonds. The third-order valence-electron chi connectivity index (χ3n) is 2.47. The van der Waals surface area contributed by atoms with Crippen molar-refractivity contribution < 1.29 is 9.28 Å². The molecule has 0 bridgehead atoms. The molecule has 0 spiro atoms. The molecule has 0 saturated carbocycles. The number of carbonyl (C=O) groups excluding carboxylic acids is 1. The Morgan fingerprint density at radius 3 is 1.81 bits per heavy atom. The van der Waals surface area contributed by atoms with Crippen LogP contribution in [0.3, 0.4) is 0 Å². The van der Waals surface area contributed by atoms with Gasteiger partial charge in [0, 0.05) is 0 Å². The number of carbonyl (C=O) groups is 1. The zero-order chi connectivity index (χ0) is 16.1. The van der Waals surface area contributed by atoms with Gasteiger partial charge in [-0.3, -0.25) is 4.79 Å². The van der Waals surface area contributed by atoms with Gasteiger partial charge in [-0.2, -0.15) is 5.54 Å². The molecule has 0 heterocycles. The lowest BCUT2D eigenvalue weighted by Crippen LogP contribution is -2.10. The highest BCUT2D eigenvalue weighted by molar-refractivity contribution is 5.77. The quantitative estimate of drug-likeness (QED) is 0.827. The first-order valence-corrected chi connectivity index (χ1v) is 7.08. The van der Waals surface area contributed by atoms with Crippen molar-refractivity contribution in [2.45, 2.75) is 27.7 Å². The Morgan fingerprint density at radius 2 is 1.43 bits per heavy atom.